The van der Waals surface area contributed by atoms with Gasteiger partial charge in [0.2, 0.25) is 0 Å². The zero-order chi connectivity index (χ0) is 19.4. The summed E-state index contributed by atoms with van der Waals surface area (Å²) in [6.07, 6.45) is 0.820. The second-order valence-corrected chi connectivity index (χ2v) is 6.81. The lowest BCUT2D eigenvalue weighted by molar-refractivity contribution is -0.385. The van der Waals surface area contributed by atoms with Crippen molar-refractivity contribution < 1.29 is 14.1 Å². The molecule has 1 heterocycles. The number of nitro groups is 1. The maximum absolute atomic E-state index is 13.0. The molecule has 3 rings (SSSR count). The van der Waals surface area contributed by atoms with Crippen molar-refractivity contribution in [2.24, 2.45) is 0 Å². The SMILES string of the molecule is Cc1ccc(C(=O)N2CCCN(Cc3ccc(F)cc3)CC2)cc1[N+](=O)[O-]. The van der Waals surface area contributed by atoms with E-state index in [0.717, 1.165) is 18.5 Å². The fourth-order valence-corrected chi connectivity index (χ4v) is 3.30. The summed E-state index contributed by atoms with van der Waals surface area (Å²) < 4.78 is 13.0. The number of carbonyl (C=O) groups is 1. The molecule has 7 heteroatoms. The Hall–Kier alpha value is -2.80. The maximum Gasteiger partial charge on any atom is 0.273 e. The van der Waals surface area contributed by atoms with Gasteiger partial charge in [0.25, 0.3) is 11.6 Å². The highest BCUT2D eigenvalue weighted by Crippen LogP contribution is 2.21. The number of benzene rings is 2. The Kier molecular flexibility index (Phi) is 5.81. The minimum absolute atomic E-state index is 0.0337. The van der Waals surface area contributed by atoms with Crippen LogP contribution in [0.3, 0.4) is 0 Å². The van der Waals surface area contributed by atoms with Crippen molar-refractivity contribution in [2.75, 3.05) is 26.2 Å². The van der Waals surface area contributed by atoms with Crippen molar-refractivity contribution in [1.29, 1.82) is 0 Å². The zero-order valence-corrected chi connectivity index (χ0v) is 15.2. The molecule has 6 nitrogen and oxygen atoms in total. The molecule has 0 aromatic heterocycles. The van der Waals surface area contributed by atoms with Gasteiger partial charge in [-0.15, -0.1) is 0 Å². The summed E-state index contributed by atoms with van der Waals surface area (Å²) in [7, 11) is 0. The van der Waals surface area contributed by atoms with Crippen LogP contribution in [0.15, 0.2) is 42.5 Å². The molecule has 2 aromatic rings. The quantitative estimate of drug-likeness (QED) is 0.610. The predicted molar refractivity (Wildman–Crippen MR) is 100 cm³/mol. The van der Waals surface area contributed by atoms with Gasteiger partial charge < -0.3 is 4.90 Å². The molecule has 1 saturated heterocycles. The molecule has 1 fully saturated rings. The predicted octanol–water partition coefficient (Wildman–Crippen LogP) is 3.39. The van der Waals surface area contributed by atoms with E-state index in [1.165, 1.54) is 18.2 Å². The van der Waals surface area contributed by atoms with Crippen LogP contribution in [-0.4, -0.2) is 46.8 Å². The van der Waals surface area contributed by atoms with Crippen molar-refractivity contribution in [3.05, 3.63) is 75.1 Å². The molecule has 0 aliphatic carbocycles. The molecule has 142 valence electrons. The summed E-state index contributed by atoms with van der Waals surface area (Å²) in [6, 6.07) is 11.1. The lowest BCUT2D eigenvalue weighted by Gasteiger charge is -2.22. The van der Waals surface area contributed by atoms with Crippen LogP contribution in [0.5, 0.6) is 0 Å². The summed E-state index contributed by atoms with van der Waals surface area (Å²) in [5.41, 5.74) is 1.89. The number of halogens is 1. The van der Waals surface area contributed by atoms with Gasteiger partial charge in [0.1, 0.15) is 5.82 Å². The lowest BCUT2D eigenvalue weighted by Crippen LogP contribution is -2.35. The first-order chi connectivity index (χ1) is 12.9. The number of hydrogen-bond acceptors (Lipinski definition) is 4. The largest absolute Gasteiger partial charge is 0.337 e. The number of nitrogens with zero attached hydrogens (tertiary/aromatic N) is 3. The Morgan fingerprint density at radius 3 is 2.56 bits per heavy atom. The van der Waals surface area contributed by atoms with Crippen molar-refractivity contribution in [1.82, 2.24) is 9.80 Å². The van der Waals surface area contributed by atoms with Crippen molar-refractivity contribution in [2.45, 2.75) is 19.9 Å². The van der Waals surface area contributed by atoms with Crippen LogP contribution in [0.1, 0.15) is 27.9 Å². The molecular weight excluding hydrogens is 349 g/mol. The molecule has 0 unspecified atom stereocenters. The van der Waals surface area contributed by atoms with Crippen LogP contribution < -0.4 is 0 Å². The van der Waals surface area contributed by atoms with Crippen molar-refractivity contribution in [3.8, 4) is 0 Å². The number of aryl methyl sites for hydroxylation is 1. The average Bonchev–Trinajstić information content (AvgIpc) is 2.89. The van der Waals surface area contributed by atoms with Crippen LogP contribution in [0.4, 0.5) is 10.1 Å². The highest BCUT2D eigenvalue weighted by molar-refractivity contribution is 5.95. The maximum atomic E-state index is 13.0. The van der Waals surface area contributed by atoms with Crippen LogP contribution in [0.2, 0.25) is 0 Å². The van der Waals surface area contributed by atoms with E-state index in [1.807, 2.05) is 0 Å². The van der Waals surface area contributed by atoms with Gasteiger partial charge in [-0.3, -0.25) is 19.8 Å². The Morgan fingerprint density at radius 1 is 1.11 bits per heavy atom. The van der Waals surface area contributed by atoms with Gasteiger partial charge in [-0.2, -0.15) is 0 Å². The Bertz CT molecular complexity index is 839. The minimum Gasteiger partial charge on any atom is -0.337 e. The van der Waals surface area contributed by atoms with Gasteiger partial charge in [0.15, 0.2) is 0 Å². The van der Waals surface area contributed by atoms with Crippen LogP contribution in [0, 0.1) is 22.9 Å². The molecule has 0 bridgehead atoms. The van der Waals surface area contributed by atoms with Gasteiger partial charge in [-0.1, -0.05) is 18.2 Å². The highest BCUT2D eigenvalue weighted by Gasteiger charge is 2.22. The smallest absolute Gasteiger partial charge is 0.273 e. The van der Waals surface area contributed by atoms with Crippen LogP contribution in [0.25, 0.3) is 0 Å². The Balaban J connectivity index is 1.65. The molecular formula is C20H22FN3O3. The number of carbonyl (C=O) groups excluding carboxylic acids is 1. The first-order valence-electron chi connectivity index (χ1n) is 8.95. The minimum atomic E-state index is -0.459. The molecule has 27 heavy (non-hydrogen) atoms. The molecule has 1 amide bonds. The summed E-state index contributed by atoms with van der Waals surface area (Å²) in [4.78, 5) is 27.4. The fourth-order valence-electron chi connectivity index (χ4n) is 3.30. The second-order valence-electron chi connectivity index (χ2n) is 6.81. The van der Waals surface area contributed by atoms with Crippen LogP contribution >= 0.6 is 0 Å². The number of nitro benzene ring substituents is 1. The monoisotopic (exact) mass is 371 g/mol. The van der Waals surface area contributed by atoms with E-state index >= 15 is 0 Å². The number of rotatable bonds is 4. The second kappa shape index (κ2) is 8.26. The number of hydrogen-bond donors (Lipinski definition) is 0. The summed E-state index contributed by atoms with van der Waals surface area (Å²) in [5, 5.41) is 11.1. The van der Waals surface area contributed by atoms with E-state index in [0.29, 0.717) is 37.3 Å². The van der Waals surface area contributed by atoms with Gasteiger partial charge in [-0.05, 0) is 37.1 Å². The Labute approximate surface area is 157 Å². The molecule has 0 atom stereocenters. The Morgan fingerprint density at radius 2 is 1.85 bits per heavy atom. The van der Waals surface area contributed by atoms with Gasteiger partial charge in [0.05, 0.1) is 4.92 Å². The van der Waals surface area contributed by atoms with E-state index in [4.69, 9.17) is 0 Å². The van der Waals surface area contributed by atoms with Gasteiger partial charge >= 0.3 is 0 Å². The zero-order valence-electron chi connectivity index (χ0n) is 15.2. The van der Waals surface area contributed by atoms with E-state index in [9.17, 15) is 19.3 Å². The molecule has 0 saturated carbocycles. The highest BCUT2D eigenvalue weighted by atomic mass is 19.1. The molecule has 0 N–H and O–H groups in total. The number of amides is 1. The molecule has 1 aliphatic heterocycles. The standard InChI is InChI=1S/C20H22FN3O3/c1-15-3-6-17(13-19(15)24(26)27)20(25)23-10-2-9-22(11-12-23)14-16-4-7-18(21)8-5-16/h3-8,13H,2,9-12,14H2,1H3. The first kappa shape index (κ1) is 19.0. The van der Waals surface area contributed by atoms with Crippen molar-refractivity contribution >= 4 is 11.6 Å². The normalized spacial score (nSPS) is 15.4. The third-order valence-corrected chi connectivity index (χ3v) is 4.85. The molecule has 0 radical (unpaired) electrons. The fraction of sp³-hybridized carbons (Fsp3) is 0.350. The third kappa shape index (κ3) is 4.68. The average molecular weight is 371 g/mol. The van der Waals surface area contributed by atoms with E-state index in [2.05, 4.69) is 4.90 Å². The summed E-state index contributed by atoms with van der Waals surface area (Å²) in [5.74, 6) is -0.430. The topological polar surface area (TPSA) is 66.7 Å². The third-order valence-electron chi connectivity index (χ3n) is 4.85. The molecule has 0 spiro atoms. The molecule has 2 aromatic carbocycles. The van der Waals surface area contributed by atoms with Gasteiger partial charge in [0, 0.05) is 49.9 Å². The summed E-state index contributed by atoms with van der Waals surface area (Å²) in [6.45, 7) is 5.08. The lowest BCUT2D eigenvalue weighted by atomic mass is 10.1. The summed E-state index contributed by atoms with van der Waals surface area (Å²) >= 11 is 0. The first-order valence-corrected chi connectivity index (χ1v) is 8.95. The van der Waals surface area contributed by atoms with E-state index in [1.54, 1.807) is 36.1 Å². The van der Waals surface area contributed by atoms with E-state index in [-0.39, 0.29) is 17.4 Å². The van der Waals surface area contributed by atoms with Gasteiger partial charge in [-0.25, -0.2) is 4.39 Å². The molecule has 1 aliphatic rings. The van der Waals surface area contributed by atoms with Crippen LogP contribution in [-0.2, 0) is 6.54 Å². The van der Waals surface area contributed by atoms with Crippen molar-refractivity contribution in [3.63, 3.8) is 0 Å². The van der Waals surface area contributed by atoms with E-state index < -0.39 is 4.92 Å².